The van der Waals surface area contributed by atoms with Crippen molar-refractivity contribution in [2.24, 2.45) is 0 Å². The van der Waals surface area contributed by atoms with Crippen molar-refractivity contribution in [3.05, 3.63) is 138 Å². The predicted molar refractivity (Wildman–Crippen MR) is 187 cm³/mol. The van der Waals surface area contributed by atoms with E-state index >= 15 is 0 Å². The molecule has 14 heteroatoms. The maximum Gasteiger partial charge on any atom is 0.417 e. The summed E-state index contributed by atoms with van der Waals surface area (Å²) in [4.78, 5) is 51.0. The number of hydrogen-bond acceptors (Lipinski definition) is 6. The molecule has 0 radical (unpaired) electrons. The highest BCUT2D eigenvalue weighted by atomic mass is 79.9. The molecule has 9 nitrogen and oxygen atoms in total. The Morgan fingerprint density at radius 3 is 2.46 bits per heavy atom. The summed E-state index contributed by atoms with van der Waals surface area (Å²) in [5, 5.41) is 5.95. The minimum atomic E-state index is -4.67. The molecule has 0 fully saturated rings. The number of nitrogens with zero attached hydrogens (tertiary/aromatic N) is 4. The highest BCUT2D eigenvalue weighted by Crippen LogP contribution is 2.36. The first kappa shape index (κ1) is 34.8. The van der Waals surface area contributed by atoms with Crippen LogP contribution in [0.3, 0.4) is 0 Å². The predicted octanol–water partition coefficient (Wildman–Crippen LogP) is 7.29. The second-order valence-electron chi connectivity index (χ2n) is 11.7. The van der Waals surface area contributed by atoms with Crippen LogP contribution in [0.25, 0.3) is 16.9 Å². The van der Waals surface area contributed by atoms with E-state index in [1.165, 1.54) is 34.7 Å². The summed E-state index contributed by atoms with van der Waals surface area (Å²) < 4.78 is 42.1. The zero-order chi connectivity index (χ0) is 35.7. The fraction of sp³-hybridized carbons (Fsp3) is 0.194. The van der Waals surface area contributed by atoms with Gasteiger partial charge in [-0.25, -0.2) is 9.55 Å². The van der Waals surface area contributed by atoms with Gasteiger partial charge in [0.1, 0.15) is 0 Å². The van der Waals surface area contributed by atoms with Crippen LogP contribution in [0.4, 0.5) is 19.1 Å². The molecule has 0 unspecified atom stereocenters. The lowest BCUT2D eigenvalue weighted by Crippen LogP contribution is -2.46. The van der Waals surface area contributed by atoms with Crippen molar-refractivity contribution < 1.29 is 22.8 Å². The summed E-state index contributed by atoms with van der Waals surface area (Å²) in [6.07, 6.45) is -2.89. The number of anilines is 1. The van der Waals surface area contributed by atoms with Crippen LogP contribution < -0.4 is 16.2 Å². The van der Waals surface area contributed by atoms with Crippen molar-refractivity contribution in [2.75, 3.05) is 12.4 Å². The van der Waals surface area contributed by atoms with E-state index < -0.39 is 29.2 Å². The van der Waals surface area contributed by atoms with E-state index in [1.54, 1.807) is 25.3 Å². The number of fused-ring (bicyclic) bond motifs is 1. The Morgan fingerprint density at radius 1 is 1.02 bits per heavy atom. The lowest BCUT2D eigenvalue weighted by Gasteiger charge is -2.35. The molecule has 2 aromatic heterocycles. The Kier molecular flexibility index (Phi) is 9.81. The number of carbonyl (C=O) groups is 2. The van der Waals surface area contributed by atoms with Gasteiger partial charge in [0, 0.05) is 52.6 Å². The SMILES string of the molecule is CNC(=O)c1ccc(-n2c(NCc3ccccc3-c3ccccn3)nc3c(c2=O)C[C@H](C)N(C(=O)c2ccc(Br)c(C(F)(F)F)c2)C3)c(Cl)c1. The van der Waals surface area contributed by atoms with Gasteiger partial charge >= 0.3 is 6.18 Å². The summed E-state index contributed by atoms with van der Waals surface area (Å²) in [5.74, 6) is -0.867. The van der Waals surface area contributed by atoms with Gasteiger partial charge in [0.05, 0.1) is 34.2 Å². The van der Waals surface area contributed by atoms with E-state index in [4.69, 9.17) is 16.6 Å². The number of aromatic nitrogens is 3. The first-order chi connectivity index (χ1) is 23.9. The monoisotopic (exact) mass is 764 g/mol. The molecule has 5 aromatic rings. The lowest BCUT2D eigenvalue weighted by molar-refractivity contribution is -0.138. The van der Waals surface area contributed by atoms with E-state index in [0.29, 0.717) is 16.8 Å². The number of amides is 2. The smallest absolute Gasteiger partial charge is 0.355 e. The number of alkyl halides is 3. The van der Waals surface area contributed by atoms with E-state index in [-0.39, 0.29) is 52.1 Å². The van der Waals surface area contributed by atoms with Crippen LogP contribution in [0.5, 0.6) is 0 Å². The van der Waals surface area contributed by atoms with E-state index in [2.05, 4.69) is 31.5 Å². The number of carbonyl (C=O) groups excluding carboxylic acids is 2. The molecule has 0 aliphatic carbocycles. The first-order valence-corrected chi connectivity index (χ1v) is 16.6. The summed E-state index contributed by atoms with van der Waals surface area (Å²) in [6.45, 7) is 1.81. The molecule has 50 heavy (non-hydrogen) atoms. The van der Waals surface area contributed by atoms with Gasteiger partial charge in [-0.3, -0.25) is 19.4 Å². The molecule has 1 aliphatic rings. The molecule has 0 saturated heterocycles. The average molecular weight is 766 g/mol. The van der Waals surface area contributed by atoms with E-state index in [0.717, 1.165) is 22.9 Å². The van der Waals surface area contributed by atoms with Crippen molar-refractivity contribution in [2.45, 2.75) is 38.7 Å². The molecular formula is C36H29BrClF3N6O3. The van der Waals surface area contributed by atoms with Crippen LogP contribution >= 0.6 is 27.5 Å². The molecule has 0 bridgehead atoms. The van der Waals surface area contributed by atoms with Crippen LogP contribution in [0, 0.1) is 0 Å². The fourth-order valence-corrected chi connectivity index (χ4v) is 6.65. The van der Waals surface area contributed by atoms with Gasteiger partial charge in [-0.1, -0.05) is 57.9 Å². The summed E-state index contributed by atoms with van der Waals surface area (Å²) >= 11 is 9.62. The number of pyridine rings is 1. The fourth-order valence-electron chi connectivity index (χ4n) is 5.91. The second-order valence-corrected chi connectivity index (χ2v) is 12.9. The third kappa shape index (κ3) is 6.88. The summed E-state index contributed by atoms with van der Waals surface area (Å²) in [6, 6.07) is 20.5. The maximum atomic E-state index is 14.3. The van der Waals surface area contributed by atoms with Gasteiger partial charge in [-0.15, -0.1) is 0 Å². The van der Waals surface area contributed by atoms with Gasteiger partial charge in [0.2, 0.25) is 5.95 Å². The quantitative estimate of drug-likeness (QED) is 0.180. The summed E-state index contributed by atoms with van der Waals surface area (Å²) in [5.41, 5.74) is 2.12. The van der Waals surface area contributed by atoms with Gasteiger partial charge < -0.3 is 15.5 Å². The highest BCUT2D eigenvalue weighted by molar-refractivity contribution is 9.10. The molecular weight excluding hydrogens is 737 g/mol. The van der Waals surface area contributed by atoms with Crippen LogP contribution in [0.2, 0.25) is 5.02 Å². The third-order valence-corrected chi connectivity index (χ3v) is 9.46. The number of hydrogen-bond donors (Lipinski definition) is 2. The number of rotatable bonds is 7. The van der Waals surface area contributed by atoms with E-state index in [9.17, 15) is 27.6 Å². The Morgan fingerprint density at radius 2 is 1.76 bits per heavy atom. The van der Waals surface area contributed by atoms with Gasteiger partial charge in [-0.05, 0) is 67.4 Å². The van der Waals surface area contributed by atoms with Crippen LogP contribution in [-0.2, 0) is 25.7 Å². The largest absolute Gasteiger partial charge is 0.417 e. The van der Waals surface area contributed by atoms with Gasteiger partial charge in [0.25, 0.3) is 17.4 Å². The molecule has 2 amide bonds. The Labute approximate surface area is 298 Å². The third-order valence-electron chi connectivity index (χ3n) is 8.47. The average Bonchev–Trinajstić information content (AvgIpc) is 3.10. The van der Waals surface area contributed by atoms with Crippen LogP contribution in [0.15, 0.2) is 94.3 Å². The highest BCUT2D eigenvalue weighted by Gasteiger charge is 2.36. The zero-order valence-corrected chi connectivity index (χ0v) is 29.0. The van der Waals surface area contributed by atoms with Crippen LogP contribution in [0.1, 0.15) is 50.0 Å². The van der Waals surface area contributed by atoms with Gasteiger partial charge in [-0.2, -0.15) is 13.2 Å². The molecule has 3 heterocycles. The molecule has 6 rings (SSSR count). The maximum absolute atomic E-state index is 14.3. The summed E-state index contributed by atoms with van der Waals surface area (Å²) in [7, 11) is 1.49. The topological polar surface area (TPSA) is 109 Å². The second kappa shape index (κ2) is 14.1. The van der Waals surface area contributed by atoms with Crippen LogP contribution in [-0.4, -0.2) is 44.3 Å². The van der Waals surface area contributed by atoms with Crippen molar-refractivity contribution in [1.29, 1.82) is 0 Å². The Bertz CT molecular complexity index is 2180. The Balaban J connectivity index is 1.42. The number of halogens is 5. The van der Waals surface area contributed by atoms with Crippen molar-refractivity contribution in [1.82, 2.24) is 24.8 Å². The molecule has 0 saturated carbocycles. The van der Waals surface area contributed by atoms with E-state index in [1.807, 2.05) is 42.5 Å². The number of benzene rings is 3. The molecule has 1 atom stereocenters. The standard InChI is InChI=1S/C36H29BrClF3N6O3/c1-20-15-25-30(19-46(20)33(49)22-10-12-27(37)26(16-22)36(39,40)41)45-35(44-18-23-7-3-4-8-24(23)29-9-5-6-14-43-29)47(34(25)50)31-13-11-21(17-28(31)38)32(48)42-2/h3-14,16-17,20H,15,18-19H2,1-2H3,(H,42,48)(H,44,45)/t20-/m0/s1. The minimum Gasteiger partial charge on any atom is -0.355 e. The Hall–Kier alpha value is -5.01. The molecule has 2 N–H and O–H groups in total. The molecule has 256 valence electrons. The zero-order valence-electron chi connectivity index (χ0n) is 26.7. The van der Waals surface area contributed by atoms with Gasteiger partial charge in [0.15, 0.2) is 0 Å². The normalized spacial score (nSPS) is 14.2. The van der Waals surface area contributed by atoms with Crippen molar-refractivity contribution in [3.63, 3.8) is 0 Å². The lowest BCUT2D eigenvalue weighted by atomic mass is 9.98. The first-order valence-electron chi connectivity index (χ1n) is 15.4. The minimum absolute atomic E-state index is 0.0896. The molecule has 0 spiro atoms. The molecule has 1 aliphatic heterocycles. The van der Waals surface area contributed by atoms with Crippen molar-refractivity contribution >= 4 is 45.3 Å². The molecule has 3 aromatic carbocycles. The van der Waals surface area contributed by atoms with Crippen molar-refractivity contribution in [3.8, 4) is 16.9 Å². The number of nitrogens with one attached hydrogen (secondary N) is 2.